The predicted molar refractivity (Wildman–Crippen MR) is 97.1 cm³/mol. The Morgan fingerprint density at radius 3 is 2.52 bits per heavy atom. The second kappa shape index (κ2) is 7.59. The van der Waals surface area contributed by atoms with E-state index in [-0.39, 0.29) is 12.1 Å². The molecule has 1 unspecified atom stereocenters. The summed E-state index contributed by atoms with van der Waals surface area (Å²) >= 11 is 0. The van der Waals surface area contributed by atoms with Crippen molar-refractivity contribution in [1.82, 2.24) is 4.90 Å². The van der Waals surface area contributed by atoms with E-state index in [0.29, 0.717) is 12.5 Å². The van der Waals surface area contributed by atoms with Gasteiger partial charge in [-0.3, -0.25) is 4.79 Å². The van der Waals surface area contributed by atoms with Crippen LogP contribution in [0, 0.1) is 0 Å². The van der Waals surface area contributed by atoms with Crippen LogP contribution in [0.15, 0.2) is 24.3 Å². The number of hydrogen-bond acceptors (Lipinski definition) is 3. The molecule has 1 atom stereocenters. The number of hydrogen-bond donors (Lipinski definition) is 0. The monoisotopic (exact) mass is 343 g/mol. The smallest absolute Gasteiger partial charge is 0.397 e. The molecule has 1 heterocycles. The van der Waals surface area contributed by atoms with Crippen molar-refractivity contribution in [2.24, 2.45) is 0 Å². The maximum Gasteiger partial charge on any atom is 0.397 e. The normalized spacial score (nSPS) is 22.6. The zero-order valence-corrected chi connectivity index (χ0v) is 15.4. The molecule has 1 aliphatic heterocycles. The SMILES string of the molecule is CCOC(=O)C(=O)N1Cc2ccccc2C(C)CC12CCCCCC2. The number of rotatable bonds is 1. The zero-order valence-electron chi connectivity index (χ0n) is 15.4. The van der Waals surface area contributed by atoms with E-state index >= 15 is 0 Å². The molecular weight excluding hydrogens is 314 g/mol. The molecule has 25 heavy (non-hydrogen) atoms. The lowest BCUT2D eigenvalue weighted by Crippen LogP contribution is -2.53. The lowest BCUT2D eigenvalue weighted by molar-refractivity contribution is -0.164. The van der Waals surface area contributed by atoms with E-state index in [2.05, 4.69) is 25.1 Å². The second-order valence-corrected chi connectivity index (χ2v) is 7.55. The van der Waals surface area contributed by atoms with Gasteiger partial charge in [0.15, 0.2) is 0 Å². The Labute approximate surface area is 150 Å². The molecule has 0 bridgehead atoms. The molecule has 1 aromatic carbocycles. The highest BCUT2D eigenvalue weighted by atomic mass is 16.5. The lowest BCUT2D eigenvalue weighted by atomic mass is 9.79. The molecule has 3 rings (SSSR count). The van der Waals surface area contributed by atoms with Gasteiger partial charge < -0.3 is 9.64 Å². The first-order valence-electron chi connectivity index (χ1n) is 9.64. The van der Waals surface area contributed by atoms with Gasteiger partial charge in [0.05, 0.1) is 6.61 Å². The van der Waals surface area contributed by atoms with Crippen molar-refractivity contribution >= 4 is 11.9 Å². The first-order valence-corrected chi connectivity index (χ1v) is 9.64. The van der Waals surface area contributed by atoms with Crippen molar-refractivity contribution < 1.29 is 14.3 Å². The molecule has 136 valence electrons. The van der Waals surface area contributed by atoms with Crippen molar-refractivity contribution in [1.29, 1.82) is 0 Å². The molecule has 1 spiro atoms. The lowest BCUT2D eigenvalue weighted by Gasteiger charge is -2.43. The molecule has 2 aliphatic rings. The summed E-state index contributed by atoms with van der Waals surface area (Å²) < 4.78 is 5.05. The average molecular weight is 343 g/mol. The largest absolute Gasteiger partial charge is 0.459 e. The minimum Gasteiger partial charge on any atom is -0.459 e. The highest BCUT2D eigenvalue weighted by molar-refractivity contribution is 6.32. The van der Waals surface area contributed by atoms with Crippen molar-refractivity contribution in [3.63, 3.8) is 0 Å². The number of carbonyl (C=O) groups excluding carboxylic acids is 2. The third kappa shape index (κ3) is 3.58. The van der Waals surface area contributed by atoms with E-state index in [1.54, 1.807) is 6.92 Å². The quantitative estimate of drug-likeness (QED) is 0.568. The molecule has 1 fully saturated rings. The standard InChI is InChI=1S/C21H29NO3/c1-3-25-20(24)19(23)22-15-17-10-6-7-11-18(17)16(2)14-21(22)12-8-4-5-9-13-21/h6-7,10-11,16H,3-5,8-9,12-15H2,1-2H3. The molecule has 0 saturated heterocycles. The first-order chi connectivity index (χ1) is 12.1. The second-order valence-electron chi connectivity index (χ2n) is 7.55. The van der Waals surface area contributed by atoms with Gasteiger partial charge in [0.25, 0.3) is 0 Å². The van der Waals surface area contributed by atoms with Gasteiger partial charge in [-0.25, -0.2) is 4.79 Å². The van der Waals surface area contributed by atoms with Crippen LogP contribution in [0.1, 0.15) is 75.8 Å². The molecule has 0 aromatic heterocycles. The number of nitrogens with zero attached hydrogens (tertiary/aromatic N) is 1. The Morgan fingerprint density at radius 1 is 1.16 bits per heavy atom. The van der Waals surface area contributed by atoms with Gasteiger partial charge in [0.2, 0.25) is 0 Å². The van der Waals surface area contributed by atoms with Crippen molar-refractivity contribution in [3.8, 4) is 0 Å². The van der Waals surface area contributed by atoms with E-state index in [9.17, 15) is 9.59 Å². The van der Waals surface area contributed by atoms with Crippen molar-refractivity contribution in [2.45, 2.75) is 76.8 Å². The predicted octanol–water partition coefficient (Wildman–Crippen LogP) is 4.18. The Bertz CT molecular complexity index is 632. The number of benzene rings is 1. The summed E-state index contributed by atoms with van der Waals surface area (Å²) in [7, 11) is 0. The average Bonchev–Trinajstić information content (AvgIpc) is 2.91. The van der Waals surface area contributed by atoms with Gasteiger partial charge in [0.1, 0.15) is 0 Å². The molecule has 0 radical (unpaired) electrons. The highest BCUT2D eigenvalue weighted by Gasteiger charge is 2.45. The van der Waals surface area contributed by atoms with Gasteiger partial charge in [-0.1, -0.05) is 56.9 Å². The van der Waals surface area contributed by atoms with Gasteiger partial charge in [-0.15, -0.1) is 0 Å². The molecule has 1 aromatic rings. The van der Waals surface area contributed by atoms with Crippen LogP contribution in [0.3, 0.4) is 0 Å². The summed E-state index contributed by atoms with van der Waals surface area (Å²) in [6, 6.07) is 8.34. The molecule has 4 nitrogen and oxygen atoms in total. The molecule has 1 aliphatic carbocycles. The summed E-state index contributed by atoms with van der Waals surface area (Å²) in [4.78, 5) is 27.1. The van der Waals surface area contributed by atoms with Crippen LogP contribution in [0.4, 0.5) is 0 Å². The summed E-state index contributed by atoms with van der Waals surface area (Å²) in [5.41, 5.74) is 2.25. The van der Waals surface area contributed by atoms with Crippen LogP contribution in [0.2, 0.25) is 0 Å². The van der Waals surface area contributed by atoms with Crippen LogP contribution < -0.4 is 0 Å². The Kier molecular flexibility index (Phi) is 5.45. The van der Waals surface area contributed by atoms with Crippen LogP contribution >= 0.6 is 0 Å². The Balaban J connectivity index is 2.01. The van der Waals surface area contributed by atoms with Gasteiger partial charge in [-0.05, 0) is 43.2 Å². The van der Waals surface area contributed by atoms with Crippen LogP contribution in [0.5, 0.6) is 0 Å². The topological polar surface area (TPSA) is 46.6 Å². The first kappa shape index (κ1) is 18.0. The van der Waals surface area contributed by atoms with E-state index in [1.807, 2.05) is 11.0 Å². The van der Waals surface area contributed by atoms with E-state index in [4.69, 9.17) is 4.74 Å². The molecule has 4 heteroatoms. The molecule has 1 amide bonds. The third-order valence-electron chi connectivity index (χ3n) is 5.90. The maximum atomic E-state index is 13.0. The minimum absolute atomic E-state index is 0.223. The number of ether oxygens (including phenoxy) is 1. The van der Waals surface area contributed by atoms with E-state index in [1.165, 1.54) is 18.4 Å². The Hall–Kier alpha value is -1.84. The number of fused-ring (bicyclic) bond motifs is 1. The Morgan fingerprint density at radius 2 is 1.84 bits per heavy atom. The third-order valence-corrected chi connectivity index (χ3v) is 5.90. The van der Waals surface area contributed by atoms with E-state index < -0.39 is 11.9 Å². The number of esters is 1. The van der Waals surface area contributed by atoms with Gasteiger partial charge >= 0.3 is 11.9 Å². The van der Waals surface area contributed by atoms with Gasteiger partial charge in [-0.2, -0.15) is 0 Å². The fourth-order valence-corrected chi connectivity index (χ4v) is 4.74. The number of carbonyl (C=O) groups is 2. The van der Waals surface area contributed by atoms with Gasteiger partial charge in [0, 0.05) is 12.1 Å². The summed E-state index contributed by atoms with van der Waals surface area (Å²) in [5, 5.41) is 0. The number of amides is 1. The summed E-state index contributed by atoms with van der Waals surface area (Å²) in [6.07, 6.45) is 7.56. The van der Waals surface area contributed by atoms with Crippen molar-refractivity contribution in [2.75, 3.05) is 6.61 Å². The summed E-state index contributed by atoms with van der Waals surface area (Å²) in [5.74, 6) is -0.792. The van der Waals surface area contributed by atoms with Crippen LogP contribution in [-0.4, -0.2) is 28.9 Å². The van der Waals surface area contributed by atoms with Crippen LogP contribution in [0.25, 0.3) is 0 Å². The molecular formula is C21H29NO3. The van der Waals surface area contributed by atoms with E-state index in [0.717, 1.165) is 37.7 Å². The minimum atomic E-state index is -0.710. The zero-order chi connectivity index (χ0) is 17.9. The van der Waals surface area contributed by atoms with Crippen molar-refractivity contribution in [3.05, 3.63) is 35.4 Å². The highest BCUT2D eigenvalue weighted by Crippen LogP contribution is 2.44. The molecule has 1 saturated carbocycles. The maximum absolute atomic E-state index is 13.0. The fourth-order valence-electron chi connectivity index (χ4n) is 4.74. The van der Waals surface area contributed by atoms with Crippen LogP contribution in [-0.2, 0) is 20.9 Å². The molecule has 0 N–H and O–H groups in total. The summed E-state index contributed by atoms with van der Waals surface area (Å²) in [6.45, 7) is 4.74. The fraction of sp³-hybridized carbons (Fsp3) is 0.619.